The molecule has 1 aromatic heterocycles. The van der Waals surface area contributed by atoms with E-state index in [1.807, 2.05) is 6.07 Å². The molecule has 0 spiro atoms. The molecule has 33 heavy (non-hydrogen) atoms. The van der Waals surface area contributed by atoms with E-state index < -0.39 is 35.3 Å². The van der Waals surface area contributed by atoms with Gasteiger partial charge in [0.05, 0.1) is 34.2 Å². The van der Waals surface area contributed by atoms with Crippen LogP contribution in [0.3, 0.4) is 0 Å². The van der Waals surface area contributed by atoms with Gasteiger partial charge in [-0.2, -0.15) is 5.26 Å². The number of nitrogens with zero attached hydrogens (tertiary/aromatic N) is 4. The Morgan fingerprint density at radius 1 is 1.30 bits per heavy atom. The van der Waals surface area contributed by atoms with Crippen molar-refractivity contribution in [2.75, 3.05) is 18.6 Å². The molecule has 0 radical (unpaired) electrons. The number of halogens is 3. The summed E-state index contributed by atoms with van der Waals surface area (Å²) in [6.45, 7) is -0.213. The summed E-state index contributed by atoms with van der Waals surface area (Å²) in [6.07, 6.45) is 1.08. The Hall–Kier alpha value is -4.10. The smallest absolute Gasteiger partial charge is 0.289 e. The van der Waals surface area contributed by atoms with Gasteiger partial charge in [-0.1, -0.05) is 11.6 Å². The lowest BCUT2D eigenvalue weighted by Crippen LogP contribution is -2.49. The number of amides is 2. The molecule has 1 atom stereocenters. The van der Waals surface area contributed by atoms with Gasteiger partial charge in [-0.25, -0.2) is 18.7 Å². The maximum absolute atomic E-state index is 14.2. The largest absolute Gasteiger partial charge is 0.489 e. The Labute approximate surface area is 191 Å². The quantitative estimate of drug-likeness (QED) is 0.631. The summed E-state index contributed by atoms with van der Waals surface area (Å²) in [7, 11) is 1.50. The van der Waals surface area contributed by atoms with Crippen molar-refractivity contribution in [2.45, 2.75) is 6.04 Å². The summed E-state index contributed by atoms with van der Waals surface area (Å²) in [4.78, 5) is 34.8. The van der Waals surface area contributed by atoms with Gasteiger partial charge in [0.15, 0.2) is 0 Å². The molecule has 1 aliphatic heterocycles. The van der Waals surface area contributed by atoms with Crippen molar-refractivity contribution >= 4 is 29.1 Å². The highest BCUT2D eigenvalue weighted by atomic mass is 35.5. The number of carbonyl (C=O) groups is 2. The standard InChI is InChI=1S/C22H14ClF2N5O3/c1-30-17-5-2-11(8-26)6-18(17)33-10-16(22(30)32)28-21(31)20-27-9-14(23)19(29-20)13-7-12(24)3-4-15(13)25/h2-7,9,16H,10H2,1H3,(H,28,31). The minimum absolute atomic E-state index is 0.0894. The van der Waals surface area contributed by atoms with Crippen molar-refractivity contribution in [1.82, 2.24) is 15.3 Å². The van der Waals surface area contributed by atoms with Crippen molar-refractivity contribution in [3.63, 3.8) is 0 Å². The maximum Gasteiger partial charge on any atom is 0.289 e. The van der Waals surface area contributed by atoms with E-state index in [0.29, 0.717) is 17.0 Å². The fourth-order valence-electron chi connectivity index (χ4n) is 3.24. The lowest BCUT2D eigenvalue weighted by atomic mass is 10.1. The molecule has 4 rings (SSSR count). The number of nitriles is 1. The third-order valence-corrected chi connectivity index (χ3v) is 5.20. The van der Waals surface area contributed by atoms with Crippen LogP contribution in [0.1, 0.15) is 16.2 Å². The number of carbonyl (C=O) groups excluding carboxylic acids is 2. The molecule has 2 heterocycles. The predicted molar refractivity (Wildman–Crippen MR) is 114 cm³/mol. The Balaban J connectivity index is 1.59. The monoisotopic (exact) mass is 469 g/mol. The van der Waals surface area contributed by atoms with Crippen molar-refractivity contribution in [3.8, 4) is 23.1 Å². The highest BCUT2D eigenvalue weighted by molar-refractivity contribution is 6.33. The predicted octanol–water partition coefficient (Wildman–Crippen LogP) is 3.10. The van der Waals surface area contributed by atoms with E-state index >= 15 is 0 Å². The van der Waals surface area contributed by atoms with Crippen LogP contribution in [0.5, 0.6) is 5.75 Å². The summed E-state index contributed by atoms with van der Waals surface area (Å²) >= 11 is 6.04. The average Bonchev–Trinajstić information content (AvgIpc) is 2.92. The zero-order valence-electron chi connectivity index (χ0n) is 17.0. The molecule has 8 nitrogen and oxygen atoms in total. The maximum atomic E-state index is 14.2. The van der Waals surface area contributed by atoms with Gasteiger partial charge < -0.3 is 15.0 Å². The lowest BCUT2D eigenvalue weighted by Gasteiger charge is -2.20. The van der Waals surface area contributed by atoms with Gasteiger partial charge in [0.25, 0.3) is 11.8 Å². The van der Waals surface area contributed by atoms with Crippen LogP contribution in [0, 0.1) is 23.0 Å². The van der Waals surface area contributed by atoms with Crippen LogP contribution < -0.4 is 15.0 Å². The molecule has 1 aliphatic rings. The van der Waals surface area contributed by atoms with E-state index in [-0.39, 0.29) is 22.9 Å². The topological polar surface area (TPSA) is 108 Å². The van der Waals surface area contributed by atoms with Crippen LogP contribution in [-0.4, -0.2) is 41.5 Å². The number of hydrogen-bond acceptors (Lipinski definition) is 6. The molecule has 0 fully saturated rings. The minimum Gasteiger partial charge on any atom is -0.489 e. The van der Waals surface area contributed by atoms with E-state index in [0.717, 1.165) is 24.4 Å². The molecule has 2 amide bonds. The lowest BCUT2D eigenvalue weighted by molar-refractivity contribution is -0.120. The van der Waals surface area contributed by atoms with Crippen molar-refractivity contribution in [3.05, 3.63) is 70.6 Å². The first-order chi connectivity index (χ1) is 15.8. The summed E-state index contributed by atoms with van der Waals surface area (Å²) in [5.41, 5.74) is 0.366. The van der Waals surface area contributed by atoms with Crippen LogP contribution in [0.4, 0.5) is 14.5 Å². The second kappa shape index (κ2) is 8.80. The van der Waals surface area contributed by atoms with Crippen molar-refractivity contribution in [2.24, 2.45) is 0 Å². The second-order valence-electron chi connectivity index (χ2n) is 7.04. The van der Waals surface area contributed by atoms with E-state index in [4.69, 9.17) is 21.6 Å². The summed E-state index contributed by atoms with van der Waals surface area (Å²) in [5, 5.41) is 11.5. The molecule has 11 heteroatoms. The molecule has 1 unspecified atom stereocenters. The summed E-state index contributed by atoms with van der Waals surface area (Å²) in [6, 6.07) is 8.23. The van der Waals surface area contributed by atoms with Crippen LogP contribution in [0.15, 0.2) is 42.6 Å². The number of nitrogens with one attached hydrogen (secondary N) is 1. The Kier molecular flexibility index (Phi) is 5.89. The third-order valence-electron chi connectivity index (χ3n) is 4.92. The van der Waals surface area contributed by atoms with E-state index in [1.165, 1.54) is 18.0 Å². The Bertz CT molecular complexity index is 1330. The van der Waals surface area contributed by atoms with Crippen molar-refractivity contribution < 1.29 is 23.1 Å². The number of aromatic nitrogens is 2. The molecule has 0 bridgehead atoms. The first kappa shape index (κ1) is 22.1. The zero-order chi connectivity index (χ0) is 23.7. The Morgan fingerprint density at radius 3 is 2.85 bits per heavy atom. The van der Waals surface area contributed by atoms with Gasteiger partial charge in [-0.05, 0) is 30.3 Å². The van der Waals surface area contributed by atoms with Crippen LogP contribution in [0.25, 0.3) is 11.3 Å². The van der Waals surface area contributed by atoms with E-state index in [2.05, 4.69) is 15.3 Å². The molecule has 0 saturated carbocycles. The average molecular weight is 470 g/mol. The first-order valence-electron chi connectivity index (χ1n) is 9.52. The number of likely N-dealkylation sites (N-methyl/N-ethyl adjacent to an activating group) is 1. The molecular formula is C22H14ClF2N5O3. The first-order valence-corrected chi connectivity index (χ1v) is 9.89. The van der Waals surface area contributed by atoms with Crippen LogP contribution in [0.2, 0.25) is 5.02 Å². The normalized spacial score (nSPS) is 15.2. The zero-order valence-corrected chi connectivity index (χ0v) is 17.7. The van der Waals surface area contributed by atoms with Crippen LogP contribution in [-0.2, 0) is 4.79 Å². The molecule has 166 valence electrons. The summed E-state index contributed by atoms with van der Waals surface area (Å²) < 4.78 is 33.4. The SMILES string of the molecule is CN1C(=O)C(NC(=O)c2ncc(Cl)c(-c3cc(F)ccc3F)n2)COc2cc(C#N)ccc21. The third kappa shape index (κ3) is 4.31. The number of ether oxygens (including phenoxy) is 1. The van der Waals surface area contributed by atoms with E-state index in [9.17, 15) is 18.4 Å². The van der Waals surface area contributed by atoms with E-state index in [1.54, 1.807) is 12.1 Å². The van der Waals surface area contributed by atoms with Crippen molar-refractivity contribution in [1.29, 1.82) is 5.26 Å². The Morgan fingerprint density at radius 2 is 2.09 bits per heavy atom. The van der Waals surface area contributed by atoms with Gasteiger partial charge in [0, 0.05) is 18.7 Å². The highest BCUT2D eigenvalue weighted by Gasteiger charge is 2.31. The summed E-state index contributed by atoms with van der Waals surface area (Å²) in [5.74, 6) is -2.90. The van der Waals surface area contributed by atoms with Crippen LogP contribution >= 0.6 is 11.6 Å². The second-order valence-corrected chi connectivity index (χ2v) is 7.45. The number of fused-ring (bicyclic) bond motifs is 1. The molecule has 0 aliphatic carbocycles. The molecule has 2 aromatic carbocycles. The van der Waals surface area contributed by atoms with Gasteiger partial charge in [0.1, 0.15) is 30.0 Å². The van der Waals surface area contributed by atoms with Gasteiger partial charge in [0.2, 0.25) is 5.82 Å². The van der Waals surface area contributed by atoms with Gasteiger partial charge >= 0.3 is 0 Å². The number of hydrogen-bond donors (Lipinski definition) is 1. The molecule has 1 N–H and O–H groups in total. The van der Waals surface area contributed by atoms with Gasteiger partial charge in [-0.3, -0.25) is 9.59 Å². The molecule has 3 aromatic rings. The molecular weight excluding hydrogens is 456 g/mol. The molecule has 0 saturated heterocycles. The highest BCUT2D eigenvalue weighted by Crippen LogP contribution is 2.32. The number of benzene rings is 2. The fourth-order valence-corrected chi connectivity index (χ4v) is 3.44. The minimum atomic E-state index is -1.10. The fraction of sp³-hybridized carbons (Fsp3) is 0.136. The number of rotatable bonds is 3. The number of anilines is 1. The van der Waals surface area contributed by atoms with Gasteiger partial charge in [-0.15, -0.1) is 0 Å².